The van der Waals surface area contributed by atoms with Crippen LogP contribution in [0.5, 0.6) is 0 Å². The molecule has 0 aromatic heterocycles. The lowest BCUT2D eigenvalue weighted by Crippen LogP contribution is -1.85. The molecule has 0 aliphatic rings. The second-order valence-electron chi connectivity index (χ2n) is 5.64. The minimum absolute atomic E-state index is 1.32. The lowest BCUT2D eigenvalue weighted by Gasteiger charge is -2.11. The summed E-state index contributed by atoms with van der Waals surface area (Å²) in [6.45, 7) is 4.33. The summed E-state index contributed by atoms with van der Waals surface area (Å²) in [6.07, 6.45) is 0. The highest BCUT2D eigenvalue weighted by Gasteiger charge is 2.08. The van der Waals surface area contributed by atoms with E-state index in [0.29, 0.717) is 0 Å². The van der Waals surface area contributed by atoms with E-state index in [0.717, 1.165) is 0 Å². The molecule has 0 amide bonds. The van der Waals surface area contributed by atoms with E-state index in [-0.39, 0.29) is 0 Å². The molecule has 0 saturated carbocycles. The monoisotopic (exact) mass is 256 g/mol. The third kappa shape index (κ3) is 1.55. The fourth-order valence-corrected chi connectivity index (χ4v) is 3.18. The number of hydrogen-bond acceptors (Lipinski definition) is 0. The number of fused-ring (bicyclic) bond motifs is 6. The van der Waals surface area contributed by atoms with Gasteiger partial charge in [0.2, 0.25) is 0 Å². The normalized spacial score (nSPS) is 11.5. The van der Waals surface area contributed by atoms with Crippen LogP contribution in [0.15, 0.2) is 60.7 Å². The minimum atomic E-state index is 1.32. The van der Waals surface area contributed by atoms with Crippen molar-refractivity contribution in [2.45, 2.75) is 13.8 Å². The molecule has 0 N–H and O–H groups in total. The minimum Gasteiger partial charge on any atom is -0.0616 e. The molecule has 0 unspecified atom stereocenters. The van der Waals surface area contributed by atoms with Crippen molar-refractivity contribution >= 4 is 32.3 Å². The average Bonchev–Trinajstić information content (AvgIpc) is 2.47. The van der Waals surface area contributed by atoms with E-state index in [1.165, 1.54) is 43.4 Å². The Morgan fingerprint density at radius 1 is 0.450 bits per heavy atom. The summed E-state index contributed by atoms with van der Waals surface area (Å²) >= 11 is 0. The van der Waals surface area contributed by atoms with Gasteiger partial charge in [-0.1, -0.05) is 71.8 Å². The van der Waals surface area contributed by atoms with Gasteiger partial charge in [0.25, 0.3) is 0 Å². The van der Waals surface area contributed by atoms with Crippen molar-refractivity contribution in [2.24, 2.45) is 0 Å². The van der Waals surface area contributed by atoms with E-state index in [9.17, 15) is 0 Å². The Kier molecular flexibility index (Phi) is 2.34. The molecule has 20 heavy (non-hydrogen) atoms. The van der Waals surface area contributed by atoms with Crippen molar-refractivity contribution in [3.05, 3.63) is 71.8 Å². The predicted molar refractivity (Wildman–Crippen MR) is 88.4 cm³/mol. The second kappa shape index (κ2) is 4.08. The zero-order chi connectivity index (χ0) is 13.7. The van der Waals surface area contributed by atoms with Crippen LogP contribution in [0.3, 0.4) is 0 Å². The summed E-state index contributed by atoms with van der Waals surface area (Å²) in [4.78, 5) is 0. The van der Waals surface area contributed by atoms with Gasteiger partial charge < -0.3 is 0 Å². The van der Waals surface area contributed by atoms with Crippen LogP contribution in [-0.4, -0.2) is 0 Å². The van der Waals surface area contributed by atoms with E-state index in [2.05, 4.69) is 74.5 Å². The molecule has 96 valence electrons. The molecule has 0 aliphatic carbocycles. The Bertz CT molecular complexity index is 881. The third-order valence-corrected chi connectivity index (χ3v) is 4.15. The zero-order valence-corrected chi connectivity index (χ0v) is 11.8. The third-order valence-electron chi connectivity index (χ3n) is 4.15. The quantitative estimate of drug-likeness (QED) is 0.351. The fourth-order valence-electron chi connectivity index (χ4n) is 3.18. The fraction of sp³-hybridized carbons (Fsp3) is 0.100. The van der Waals surface area contributed by atoms with Crippen molar-refractivity contribution < 1.29 is 0 Å². The number of hydrogen-bond donors (Lipinski definition) is 0. The van der Waals surface area contributed by atoms with Crippen LogP contribution >= 0.6 is 0 Å². The molecule has 0 bridgehead atoms. The maximum Gasteiger partial charge on any atom is -0.00962 e. The molecule has 0 atom stereocenters. The summed E-state index contributed by atoms with van der Waals surface area (Å²) in [5.41, 5.74) is 2.63. The Labute approximate surface area is 118 Å². The van der Waals surface area contributed by atoms with Gasteiger partial charge in [-0.25, -0.2) is 0 Å². The Hall–Kier alpha value is -2.34. The van der Waals surface area contributed by atoms with Crippen molar-refractivity contribution in [1.29, 1.82) is 0 Å². The van der Waals surface area contributed by atoms with Gasteiger partial charge in [0.1, 0.15) is 0 Å². The van der Waals surface area contributed by atoms with Gasteiger partial charge in [0.05, 0.1) is 0 Å². The van der Waals surface area contributed by atoms with E-state index >= 15 is 0 Å². The molecule has 0 aliphatic heterocycles. The van der Waals surface area contributed by atoms with Crippen LogP contribution in [-0.2, 0) is 0 Å². The van der Waals surface area contributed by atoms with Gasteiger partial charge in [0, 0.05) is 0 Å². The topological polar surface area (TPSA) is 0 Å². The molecule has 0 radical (unpaired) electrons. The van der Waals surface area contributed by atoms with E-state index in [4.69, 9.17) is 0 Å². The lowest BCUT2D eigenvalue weighted by molar-refractivity contribution is 1.50. The summed E-state index contributed by atoms with van der Waals surface area (Å²) < 4.78 is 0. The summed E-state index contributed by atoms with van der Waals surface area (Å²) in [6, 6.07) is 22.3. The van der Waals surface area contributed by atoms with Gasteiger partial charge in [-0.15, -0.1) is 0 Å². The largest absolute Gasteiger partial charge is 0.0616 e. The Morgan fingerprint density at radius 2 is 0.850 bits per heavy atom. The highest BCUT2D eigenvalue weighted by atomic mass is 14.1. The Balaban J connectivity index is 2.41. The molecule has 0 saturated heterocycles. The SMILES string of the molecule is Cc1ccc2c3ccccc3c3ccc(C)cc3c2c1. The molecule has 0 fully saturated rings. The Morgan fingerprint density at radius 3 is 1.30 bits per heavy atom. The van der Waals surface area contributed by atoms with Crippen molar-refractivity contribution in [1.82, 2.24) is 0 Å². The van der Waals surface area contributed by atoms with Gasteiger partial charge in [-0.2, -0.15) is 0 Å². The zero-order valence-electron chi connectivity index (χ0n) is 11.8. The molecule has 0 heterocycles. The van der Waals surface area contributed by atoms with Crippen LogP contribution in [0.1, 0.15) is 11.1 Å². The number of benzene rings is 4. The van der Waals surface area contributed by atoms with Crippen LogP contribution < -0.4 is 0 Å². The lowest BCUT2D eigenvalue weighted by atomic mass is 9.92. The first-order valence-corrected chi connectivity index (χ1v) is 7.05. The van der Waals surface area contributed by atoms with E-state index in [1.807, 2.05) is 0 Å². The van der Waals surface area contributed by atoms with Gasteiger partial charge in [-0.05, 0) is 46.2 Å². The molecule has 4 aromatic rings. The summed E-state index contributed by atoms with van der Waals surface area (Å²) in [5.74, 6) is 0. The molecular formula is C20H16. The smallest absolute Gasteiger partial charge is 0.00962 e. The van der Waals surface area contributed by atoms with Crippen LogP contribution in [0.25, 0.3) is 32.3 Å². The summed E-state index contributed by atoms with van der Waals surface area (Å²) in [5, 5.41) is 8.12. The van der Waals surface area contributed by atoms with E-state index in [1.54, 1.807) is 0 Å². The molecule has 4 aromatic carbocycles. The number of aryl methyl sites for hydroxylation is 2. The molecular weight excluding hydrogens is 240 g/mol. The maximum atomic E-state index is 2.31. The molecule has 0 heteroatoms. The highest BCUT2D eigenvalue weighted by Crippen LogP contribution is 2.35. The van der Waals surface area contributed by atoms with Crippen molar-refractivity contribution in [3.8, 4) is 0 Å². The first kappa shape index (κ1) is 11.5. The average molecular weight is 256 g/mol. The highest BCUT2D eigenvalue weighted by molar-refractivity contribution is 6.25. The molecule has 0 spiro atoms. The first-order chi connectivity index (χ1) is 9.74. The van der Waals surface area contributed by atoms with Gasteiger partial charge in [-0.3, -0.25) is 0 Å². The van der Waals surface area contributed by atoms with E-state index < -0.39 is 0 Å². The van der Waals surface area contributed by atoms with Crippen molar-refractivity contribution in [2.75, 3.05) is 0 Å². The predicted octanol–water partition coefficient (Wildman–Crippen LogP) is 5.76. The second-order valence-corrected chi connectivity index (χ2v) is 5.64. The van der Waals surface area contributed by atoms with Crippen molar-refractivity contribution in [3.63, 3.8) is 0 Å². The van der Waals surface area contributed by atoms with Crippen LogP contribution in [0.4, 0.5) is 0 Å². The van der Waals surface area contributed by atoms with Gasteiger partial charge in [0.15, 0.2) is 0 Å². The molecule has 0 nitrogen and oxygen atoms in total. The van der Waals surface area contributed by atoms with Gasteiger partial charge >= 0.3 is 0 Å². The number of rotatable bonds is 0. The molecule has 4 rings (SSSR count). The maximum absolute atomic E-state index is 2.31. The van der Waals surface area contributed by atoms with Crippen LogP contribution in [0, 0.1) is 13.8 Å². The standard InChI is InChI=1S/C20H16/c1-13-7-9-17-15-5-3-4-6-16(15)18-10-8-14(2)12-20(18)19(17)11-13/h3-12H,1-2H3. The summed E-state index contributed by atoms with van der Waals surface area (Å²) in [7, 11) is 0. The first-order valence-electron chi connectivity index (χ1n) is 7.05. The van der Waals surface area contributed by atoms with Crippen LogP contribution in [0.2, 0.25) is 0 Å².